The van der Waals surface area contributed by atoms with Crippen molar-refractivity contribution >= 4 is 32.6 Å². The van der Waals surface area contributed by atoms with Crippen molar-refractivity contribution in [3.05, 3.63) is 144 Å². The van der Waals surface area contributed by atoms with E-state index in [4.69, 9.17) is 0 Å². The number of H-pyrrole nitrogens is 1. The monoisotopic (exact) mass is 455 g/mol. The van der Waals surface area contributed by atoms with Crippen molar-refractivity contribution in [2.45, 2.75) is 5.41 Å². The molecule has 1 spiro atoms. The van der Waals surface area contributed by atoms with Crippen molar-refractivity contribution in [3.8, 4) is 22.3 Å². The summed E-state index contributed by atoms with van der Waals surface area (Å²) in [5.41, 5.74) is 13.0. The molecular formula is C35H21N. The van der Waals surface area contributed by atoms with E-state index in [1.165, 1.54) is 77.1 Å². The molecule has 0 fully saturated rings. The maximum atomic E-state index is 3.73. The smallest absolute Gasteiger partial charge is 0.0726 e. The molecule has 2 aliphatic carbocycles. The Labute approximate surface area is 208 Å². The normalized spacial score (nSPS) is 14.3. The Bertz CT molecular complexity index is 2010. The quantitative estimate of drug-likeness (QED) is 0.235. The van der Waals surface area contributed by atoms with E-state index in [1.807, 2.05) is 0 Å². The highest BCUT2D eigenvalue weighted by Crippen LogP contribution is 2.64. The predicted molar refractivity (Wildman–Crippen MR) is 150 cm³/mol. The largest absolute Gasteiger partial charge is 0.355 e. The molecule has 6 aromatic carbocycles. The second-order valence-corrected chi connectivity index (χ2v) is 10.2. The molecule has 0 bridgehead atoms. The van der Waals surface area contributed by atoms with Gasteiger partial charge in [-0.3, -0.25) is 0 Å². The first-order valence-corrected chi connectivity index (χ1v) is 12.6. The fourth-order valence-electron chi connectivity index (χ4n) is 7.25. The minimum Gasteiger partial charge on any atom is -0.355 e. The molecule has 7 aromatic rings. The van der Waals surface area contributed by atoms with Crippen LogP contribution in [-0.2, 0) is 5.41 Å². The third-order valence-corrected chi connectivity index (χ3v) is 8.60. The Morgan fingerprint density at radius 3 is 1.89 bits per heavy atom. The van der Waals surface area contributed by atoms with Crippen molar-refractivity contribution in [2.24, 2.45) is 0 Å². The van der Waals surface area contributed by atoms with Crippen LogP contribution in [0, 0.1) is 0 Å². The molecule has 1 N–H and O–H groups in total. The molecule has 0 unspecified atom stereocenters. The summed E-state index contributed by atoms with van der Waals surface area (Å²) in [5, 5.41) is 5.19. The van der Waals surface area contributed by atoms with E-state index in [2.05, 4.69) is 126 Å². The van der Waals surface area contributed by atoms with Crippen LogP contribution in [0.3, 0.4) is 0 Å². The number of nitrogens with one attached hydrogen (secondary N) is 1. The molecular weight excluding hydrogens is 434 g/mol. The van der Waals surface area contributed by atoms with Gasteiger partial charge in [0.2, 0.25) is 0 Å². The number of hydrogen-bond acceptors (Lipinski definition) is 0. The molecule has 9 rings (SSSR count). The topological polar surface area (TPSA) is 15.8 Å². The van der Waals surface area contributed by atoms with Crippen molar-refractivity contribution < 1.29 is 0 Å². The van der Waals surface area contributed by atoms with E-state index in [-0.39, 0.29) is 5.41 Å². The lowest BCUT2D eigenvalue weighted by Gasteiger charge is -2.30. The molecule has 0 atom stereocenters. The average molecular weight is 456 g/mol. The average Bonchev–Trinajstić information content (AvgIpc) is 3.55. The summed E-state index contributed by atoms with van der Waals surface area (Å²) in [4.78, 5) is 3.73. The minimum absolute atomic E-state index is 0.326. The maximum absolute atomic E-state index is 3.73. The Hall–Kier alpha value is -4.62. The Balaban J connectivity index is 1.55. The molecule has 2 aliphatic rings. The summed E-state index contributed by atoms with van der Waals surface area (Å²) in [7, 11) is 0. The number of fused-ring (bicyclic) bond motifs is 15. The lowest BCUT2D eigenvalue weighted by molar-refractivity contribution is 0.795. The predicted octanol–water partition coefficient (Wildman–Crippen LogP) is 8.82. The summed E-state index contributed by atoms with van der Waals surface area (Å²) in [6.45, 7) is 0. The van der Waals surface area contributed by atoms with Crippen LogP contribution in [0.5, 0.6) is 0 Å². The summed E-state index contributed by atoms with van der Waals surface area (Å²) in [6, 6.07) is 45.1. The van der Waals surface area contributed by atoms with Gasteiger partial charge in [0.1, 0.15) is 0 Å². The SMILES string of the molecule is c1ccc2c(c1)-c1ccccc1C21c2cc3[nH]c4ccccc4c3cc2-c2c1ccc1ccccc21. The van der Waals surface area contributed by atoms with E-state index in [0.29, 0.717) is 0 Å². The zero-order valence-corrected chi connectivity index (χ0v) is 19.5. The fourth-order valence-corrected chi connectivity index (χ4v) is 7.25. The molecule has 1 nitrogen and oxygen atoms in total. The van der Waals surface area contributed by atoms with Gasteiger partial charge in [-0.1, -0.05) is 103 Å². The summed E-state index contributed by atoms with van der Waals surface area (Å²) in [6.07, 6.45) is 0. The highest BCUT2D eigenvalue weighted by molar-refractivity contribution is 6.13. The van der Waals surface area contributed by atoms with Crippen LogP contribution >= 0.6 is 0 Å². The molecule has 36 heavy (non-hydrogen) atoms. The first-order valence-electron chi connectivity index (χ1n) is 12.6. The van der Waals surface area contributed by atoms with Gasteiger partial charge in [0, 0.05) is 21.8 Å². The van der Waals surface area contributed by atoms with Crippen LogP contribution in [0.2, 0.25) is 0 Å². The Morgan fingerprint density at radius 2 is 1.08 bits per heavy atom. The maximum Gasteiger partial charge on any atom is 0.0726 e. The second-order valence-electron chi connectivity index (χ2n) is 10.2. The first-order chi connectivity index (χ1) is 17.9. The molecule has 0 aliphatic heterocycles. The highest BCUT2D eigenvalue weighted by Gasteiger charge is 2.52. The van der Waals surface area contributed by atoms with E-state index in [1.54, 1.807) is 0 Å². The van der Waals surface area contributed by atoms with Gasteiger partial charge in [-0.25, -0.2) is 0 Å². The van der Waals surface area contributed by atoms with Crippen LogP contribution in [0.15, 0.2) is 121 Å². The van der Waals surface area contributed by atoms with Crippen molar-refractivity contribution in [3.63, 3.8) is 0 Å². The second kappa shape index (κ2) is 6.33. The number of rotatable bonds is 0. The van der Waals surface area contributed by atoms with Crippen LogP contribution < -0.4 is 0 Å². The molecule has 166 valence electrons. The lowest BCUT2D eigenvalue weighted by Crippen LogP contribution is -2.25. The number of aromatic amines is 1. The third kappa shape index (κ3) is 2.01. The number of benzene rings is 6. The van der Waals surface area contributed by atoms with Gasteiger partial charge >= 0.3 is 0 Å². The van der Waals surface area contributed by atoms with Gasteiger partial charge in [-0.2, -0.15) is 0 Å². The lowest BCUT2D eigenvalue weighted by atomic mass is 9.70. The molecule has 0 amide bonds. The summed E-state index contributed by atoms with van der Waals surface area (Å²) < 4.78 is 0. The van der Waals surface area contributed by atoms with E-state index in [9.17, 15) is 0 Å². The number of aromatic nitrogens is 1. The third-order valence-electron chi connectivity index (χ3n) is 8.60. The van der Waals surface area contributed by atoms with Gasteiger partial charge in [0.05, 0.1) is 5.41 Å². The summed E-state index contributed by atoms with van der Waals surface area (Å²) >= 11 is 0. The van der Waals surface area contributed by atoms with E-state index >= 15 is 0 Å². The van der Waals surface area contributed by atoms with E-state index in [0.717, 1.165) is 0 Å². The van der Waals surface area contributed by atoms with E-state index < -0.39 is 0 Å². The van der Waals surface area contributed by atoms with Crippen LogP contribution in [0.1, 0.15) is 22.3 Å². The van der Waals surface area contributed by atoms with Gasteiger partial charge in [-0.15, -0.1) is 0 Å². The molecule has 1 heterocycles. The van der Waals surface area contributed by atoms with Crippen LogP contribution in [0.25, 0.3) is 54.8 Å². The first kappa shape index (κ1) is 18.7. The van der Waals surface area contributed by atoms with Crippen molar-refractivity contribution in [1.29, 1.82) is 0 Å². The molecule has 0 saturated heterocycles. The van der Waals surface area contributed by atoms with Gasteiger partial charge < -0.3 is 4.98 Å². The molecule has 0 saturated carbocycles. The Morgan fingerprint density at radius 1 is 0.417 bits per heavy atom. The zero-order chi connectivity index (χ0) is 23.4. The standard InChI is InChI=1S/C35H21N/c1-2-10-22-21(9-1)17-18-30-34(22)27-19-26-25-13-5-8-16-32(25)36-33(26)20-31(27)35(30)28-14-6-3-11-23(28)24-12-4-7-15-29(24)35/h1-20,36H. The minimum atomic E-state index is -0.326. The fraction of sp³-hybridized carbons (Fsp3) is 0.0286. The molecule has 0 radical (unpaired) electrons. The van der Waals surface area contributed by atoms with Crippen LogP contribution in [-0.4, -0.2) is 4.98 Å². The van der Waals surface area contributed by atoms with Crippen molar-refractivity contribution in [2.75, 3.05) is 0 Å². The Kier molecular flexibility index (Phi) is 3.28. The van der Waals surface area contributed by atoms with Crippen molar-refractivity contribution in [1.82, 2.24) is 4.98 Å². The molecule has 1 aromatic heterocycles. The molecule has 1 heteroatoms. The summed E-state index contributed by atoms with van der Waals surface area (Å²) in [5.74, 6) is 0. The highest BCUT2D eigenvalue weighted by atomic mass is 14.7. The van der Waals surface area contributed by atoms with Crippen LogP contribution in [0.4, 0.5) is 0 Å². The zero-order valence-electron chi connectivity index (χ0n) is 19.5. The van der Waals surface area contributed by atoms with Gasteiger partial charge in [0.25, 0.3) is 0 Å². The van der Waals surface area contributed by atoms with Gasteiger partial charge in [0.15, 0.2) is 0 Å². The van der Waals surface area contributed by atoms with Gasteiger partial charge in [-0.05, 0) is 73.5 Å². The number of para-hydroxylation sites is 1. The number of hydrogen-bond donors (Lipinski definition) is 1.